The lowest BCUT2D eigenvalue weighted by Crippen LogP contribution is -2.69. The maximum Gasteiger partial charge on any atom is 0.0594 e. The Bertz CT molecular complexity index is 447. The molecule has 0 amide bonds. The Morgan fingerprint density at radius 3 is 1.83 bits per heavy atom. The van der Waals surface area contributed by atoms with Crippen LogP contribution in [-0.4, -0.2) is 36.7 Å². The van der Waals surface area contributed by atoms with Crippen molar-refractivity contribution in [2.24, 2.45) is 16.7 Å². The molecule has 0 aromatic carbocycles. The highest BCUT2D eigenvalue weighted by Gasteiger charge is 2.69. The summed E-state index contributed by atoms with van der Waals surface area (Å²) < 4.78 is 5.78. The highest BCUT2D eigenvalue weighted by Crippen LogP contribution is 2.75. The third-order valence-electron chi connectivity index (χ3n) is 9.20. The summed E-state index contributed by atoms with van der Waals surface area (Å²) in [5.41, 5.74) is 1.95. The van der Waals surface area contributed by atoms with Crippen molar-refractivity contribution in [1.82, 2.24) is 4.90 Å². The van der Waals surface area contributed by atoms with Crippen LogP contribution in [0.2, 0.25) is 0 Å². The van der Waals surface area contributed by atoms with Gasteiger partial charge in [0, 0.05) is 18.6 Å². The van der Waals surface area contributed by atoms with E-state index in [1.807, 2.05) is 0 Å². The molecule has 0 atom stereocenters. The first-order valence-corrected chi connectivity index (χ1v) is 11.2. The normalized spacial score (nSPS) is 35.5. The zero-order valence-electron chi connectivity index (χ0n) is 15.7. The van der Waals surface area contributed by atoms with E-state index in [9.17, 15) is 0 Å². The molecule has 1 aliphatic heterocycles. The van der Waals surface area contributed by atoms with Gasteiger partial charge in [0.25, 0.3) is 0 Å². The largest absolute Gasteiger partial charge is 0.379 e. The first-order chi connectivity index (χ1) is 11.8. The second-order valence-electron chi connectivity index (χ2n) is 9.76. The minimum Gasteiger partial charge on any atom is -0.379 e. The summed E-state index contributed by atoms with van der Waals surface area (Å²) in [6, 6.07) is 0. The molecule has 2 nitrogen and oxygen atoms in total. The van der Waals surface area contributed by atoms with Crippen LogP contribution >= 0.6 is 0 Å². The topological polar surface area (TPSA) is 12.5 Å². The van der Waals surface area contributed by atoms with E-state index in [0.717, 1.165) is 24.5 Å². The minimum absolute atomic E-state index is 0.536. The summed E-state index contributed by atoms with van der Waals surface area (Å²) in [7, 11) is 0. The Hall–Kier alpha value is -0.0800. The third-order valence-corrected chi connectivity index (χ3v) is 9.20. The lowest BCUT2D eigenvalue weighted by Gasteiger charge is -2.68. The van der Waals surface area contributed by atoms with Crippen LogP contribution in [0, 0.1) is 16.7 Å². The summed E-state index contributed by atoms with van der Waals surface area (Å²) in [6.07, 6.45) is 21.4. The van der Waals surface area contributed by atoms with E-state index >= 15 is 0 Å². The fourth-order valence-electron chi connectivity index (χ4n) is 8.10. The van der Waals surface area contributed by atoms with Crippen LogP contribution in [0.5, 0.6) is 0 Å². The van der Waals surface area contributed by atoms with Crippen molar-refractivity contribution in [3.63, 3.8) is 0 Å². The van der Waals surface area contributed by atoms with E-state index in [0.29, 0.717) is 11.0 Å². The SMILES string of the molecule is C1CCC(N2CCOCC2)(C2(C3(C4CC4)CCC3)CCCC2)CC1. The molecule has 0 aromatic heterocycles. The first kappa shape index (κ1) is 16.1. The average molecular weight is 332 g/mol. The first-order valence-electron chi connectivity index (χ1n) is 11.2. The molecule has 0 bridgehead atoms. The molecule has 0 unspecified atom stereocenters. The van der Waals surface area contributed by atoms with Crippen LogP contribution in [0.4, 0.5) is 0 Å². The molecular formula is C22H37NO. The van der Waals surface area contributed by atoms with Crippen LogP contribution in [-0.2, 0) is 4.74 Å². The number of hydrogen-bond donors (Lipinski definition) is 0. The van der Waals surface area contributed by atoms with Crippen molar-refractivity contribution in [2.75, 3.05) is 26.3 Å². The van der Waals surface area contributed by atoms with Gasteiger partial charge in [-0.3, -0.25) is 4.90 Å². The minimum atomic E-state index is 0.536. The molecule has 5 aliphatic rings. The van der Waals surface area contributed by atoms with Gasteiger partial charge in [-0.25, -0.2) is 0 Å². The molecule has 0 spiro atoms. The Balaban J connectivity index is 1.58. The monoisotopic (exact) mass is 331 g/mol. The van der Waals surface area contributed by atoms with E-state index in [1.54, 1.807) is 38.5 Å². The highest BCUT2D eigenvalue weighted by atomic mass is 16.5. The quantitative estimate of drug-likeness (QED) is 0.705. The Labute approximate surface area is 148 Å². The molecule has 0 radical (unpaired) electrons. The fourth-order valence-corrected chi connectivity index (χ4v) is 8.10. The zero-order valence-corrected chi connectivity index (χ0v) is 15.7. The third kappa shape index (κ3) is 2.08. The van der Waals surface area contributed by atoms with Crippen LogP contribution in [0.3, 0.4) is 0 Å². The molecule has 0 aromatic rings. The highest BCUT2D eigenvalue weighted by molar-refractivity contribution is 5.21. The molecule has 2 heteroatoms. The lowest BCUT2D eigenvalue weighted by molar-refractivity contribution is -0.187. The molecule has 5 fully saturated rings. The molecule has 1 heterocycles. The van der Waals surface area contributed by atoms with E-state index in [1.165, 1.54) is 64.5 Å². The lowest BCUT2D eigenvalue weighted by atomic mass is 9.42. The van der Waals surface area contributed by atoms with Gasteiger partial charge in [-0.1, -0.05) is 38.5 Å². The average Bonchev–Trinajstić information content (AvgIpc) is 3.31. The number of rotatable bonds is 4. The van der Waals surface area contributed by atoms with Gasteiger partial charge >= 0.3 is 0 Å². The smallest absolute Gasteiger partial charge is 0.0594 e. The fraction of sp³-hybridized carbons (Fsp3) is 1.00. The van der Waals surface area contributed by atoms with Crippen LogP contribution in [0.25, 0.3) is 0 Å². The Morgan fingerprint density at radius 1 is 0.667 bits per heavy atom. The standard InChI is InChI=1S/C22H37NO/c1-2-13-22(14-3-1,23-15-17-24-18-16-23)21(11-4-5-12-21)20(9-6-10-20)19-7-8-19/h19H,1-18H2. The van der Waals surface area contributed by atoms with Crippen LogP contribution in [0.1, 0.15) is 89.9 Å². The molecule has 4 aliphatic carbocycles. The van der Waals surface area contributed by atoms with Crippen molar-refractivity contribution in [1.29, 1.82) is 0 Å². The second-order valence-corrected chi connectivity index (χ2v) is 9.76. The van der Waals surface area contributed by atoms with Crippen molar-refractivity contribution >= 4 is 0 Å². The van der Waals surface area contributed by atoms with Crippen molar-refractivity contribution in [3.8, 4) is 0 Å². The summed E-state index contributed by atoms with van der Waals surface area (Å²) in [5, 5.41) is 0. The molecule has 4 saturated carbocycles. The molecular weight excluding hydrogens is 294 g/mol. The molecule has 1 saturated heterocycles. The van der Waals surface area contributed by atoms with Crippen LogP contribution < -0.4 is 0 Å². The summed E-state index contributed by atoms with van der Waals surface area (Å²) >= 11 is 0. The predicted octanol–water partition coefficient (Wildman–Crippen LogP) is 5.16. The predicted molar refractivity (Wildman–Crippen MR) is 98.1 cm³/mol. The summed E-state index contributed by atoms with van der Waals surface area (Å²) in [5.74, 6) is 1.10. The number of ether oxygens (including phenoxy) is 1. The summed E-state index contributed by atoms with van der Waals surface area (Å²) in [6.45, 7) is 4.38. The van der Waals surface area contributed by atoms with Gasteiger partial charge in [0.05, 0.1) is 13.2 Å². The van der Waals surface area contributed by atoms with Crippen LogP contribution in [0.15, 0.2) is 0 Å². The molecule has 24 heavy (non-hydrogen) atoms. The van der Waals surface area contributed by atoms with Gasteiger partial charge in [0.2, 0.25) is 0 Å². The van der Waals surface area contributed by atoms with Crippen molar-refractivity contribution in [3.05, 3.63) is 0 Å². The maximum absolute atomic E-state index is 5.78. The Kier molecular flexibility index (Phi) is 4.02. The number of hydrogen-bond acceptors (Lipinski definition) is 2. The molecule has 136 valence electrons. The van der Waals surface area contributed by atoms with Gasteiger partial charge in [-0.2, -0.15) is 0 Å². The van der Waals surface area contributed by atoms with E-state index in [4.69, 9.17) is 4.74 Å². The van der Waals surface area contributed by atoms with Gasteiger partial charge in [-0.15, -0.1) is 0 Å². The van der Waals surface area contributed by atoms with Crippen molar-refractivity contribution < 1.29 is 4.74 Å². The van der Waals surface area contributed by atoms with Gasteiger partial charge < -0.3 is 4.74 Å². The Morgan fingerprint density at radius 2 is 1.29 bits per heavy atom. The van der Waals surface area contributed by atoms with Gasteiger partial charge in [-0.05, 0) is 68.1 Å². The molecule has 5 rings (SSSR count). The molecule has 0 N–H and O–H groups in total. The van der Waals surface area contributed by atoms with Gasteiger partial charge in [0.1, 0.15) is 0 Å². The van der Waals surface area contributed by atoms with E-state index in [-0.39, 0.29) is 0 Å². The van der Waals surface area contributed by atoms with Gasteiger partial charge in [0.15, 0.2) is 0 Å². The van der Waals surface area contributed by atoms with E-state index in [2.05, 4.69) is 4.90 Å². The maximum atomic E-state index is 5.78. The second kappa shape index (κ2) is 5.98. The van der Waals surface area contributed by atoms with E-state index < -0.39 is 0 Å². The van der Waals surface area contributed by atoms with Crippen molar-refractivity contribution in [2.45, 2.75) is 95.4 Å². The number of morpholine rings is 1. The summed E-state index contributed by atoms with van der Waals surface area (Å²) in [4.78, 5) is 2.99. The number of nitrogens with zero attached hydrogens (tertiary/aromatic N) is 1. The zero-order chi connectivity index (χ0) is 16.1.